The first-order chi connectivity index (χ1) is 16.9. The second-order valence-electron chi connectivity index (χ2n) is 8.46. The summed E-state index contributed by atoms with van der Waals surface area (Å²) in [6.45, 7) is 4.45. The Morgan fingerprint density at radius 3 is 2.49 bits per heavy atom. The third-order valence-corrected chi connectivity index (χ3v) is 7.91. The molecule has 172 valence electrons. The van der Waals surface area contributed by atoms with E-state index in [4.69, 9.17) is 0 Å². The molecule has 0 aliphatic carbocycles. The number of aryl methyl sites for hydroxylation is 2. The molecule has 0 aliphatic heterocycles. The van der Waals surface area contributed by atoms with Crippen LogP contribution in [0.3, 0.4) is 0 Å². The Morgan fingerprint density at radius 2 is 1.80 bits per heavy atom. The highest BCUT2D eigenvalue weighted by Gasteiger charge is 2.21. The van der Waals surface area contributed by atoms with Crippen molar-refractivity contribution in [2.24, 2.45) is 0 Å². The largest absolute Gasteiger partial charge is 0.478 e. The smallest absolute Gasteiger partial charge is 0.337 e. The molecule has 5 nitrogen and oxygen atoms in total. The molecule has 0 amide bonds. The summed E-state index contributed by atoms with van der Waals surface area (Å²) in [6.07, 6.45) is 0.805. The van der Waals surface area contributed by atoms with Crippen molar-refractivity contribution >= 4 is 38.4 Å². The Labute approximate surface area is 206 Å². The number of rotatable bonds is 5. The molecule has 0 atom stereocenters. The standard InChI is InChI=1S/C29H22N2O3S/c1-3-24-17(2)25-27(32)22-9-6-10-23(29(33)34)26(22)31(28(25)35-24)16-18-11-13-19(14-12-18)21-8-5-4-7-20(21)15-30/h4-14H,3,16H2,1-2H3,(H,33,34). The van der Waals surface area contributed by atoms with Gasteiger partial charge in [0.1, 0.15) is 4.83 Å². The zero-order chi connectivity index (χ0) is 24.7. The van der Waals surface area contributed by atoms with Crippen LogP contribution < -0.4 is 5.43 Å². The fourth-order valence-electron chi connectivity index (χ4n) is 4.72. The third-order valence-electron chi connectivity index (χ3n) is 6.45. The van der Waals surface area contributed by atoms with Gasteiger partial charge in [0, 0.05) is 16.8 Å². The molecule has 3 aromatic carbocycles. The molecule has 2 aromatic heterocycles. The van der Waals surface area contributed by atoms with Crippen molar-refractivity contribution in [2.45, 2.75) is 26.8 Å². The van der Waals surface area contributed by atoms with E-state index in [-0.39, 0.29) is 11.0 Å². The van der Waals surface area contributed by atoms with Crippen molar-refractivity contribution < 1.29 is 9.90 Å². The van der Waals surface area contributed by atoms with E-state index < -0.39 is 5.97 Å². The molecule has 0 radical (unpaired) electrons. The van der Waals surface area contributed by atoms with Crippen molar-refractivity contribution in [1.29, 1.82) is 5.26 Å². The number of fused-ring (bicyclic) bond motifs is 2. The van der Waals surface area contributed by atoms with Crippen LogP contribution in [0.15, 0.2) is 71.5 Å². The summed E-state index contributed by atoms with van der Waals surface area (Å²) in [4.78, 5) is 27.5. The molecule has 2 heterocycles. The Hall–Kier alpha value is -4.21. The number of nitrogens with zero attached hydrogens (tertiary/aromatic N) is 2. The maximum absolute atomic E-state index is 13.5. The Kier molecular flexibility index (Phi) is 5.72. The summed E-state index contributed by atoms with van der Waals surface area (Å²) in [5.74, 6) is -1.06. The van der Waals surface area contributed by atoms with E-state index in [0.717, 1.165) is 38.4 Å². The number of aromatic nitrogens is 1. The highest BCUT2D eigenvalue weighted by molar-refractivity contribution is 7.19. The molecule has 0 bridgehead atoms. The fourth-order valence-corrected chi connectivity index (χ4v) is 5.97. The van der Waals surface area contributed by atoms with Gasteiger partial charge in [0.25, 0.3) is 0 Å². The number of nitriles is 1. The number of pyridine rings is 1. The second kappa shape index (κ2) is 8.86. The van der Waals surface area contributed by atoms with Crippen LogP contribution in [0.2, 0.25) is 0 Å². The van der Waals surface area contributed by atoms with Crippen LogP contribution in [0.25, 0.3) is 32.2 Å². The van der Waals surface area contributed by atoms with Gasteiger partial charge in [0.15, 0.2) is 5.43 Å². The van der Waals surface area contributed by atoms with Crippen molar-refractivity contribution in [3.63, 3.8) is 0 Å². The average molecular weight is 479 g/mol. The predicted octanol–water partition coefficient (Wildman–Crippen LogP) is 6.37. The molecule has 35 heavy (non-hydrogen) atoms. The van der Waals surface area contributed by atoms with Gasteiger partial charge >= 0.3 is 5.97 Å². The minimum Gasteiger partial charge on any atom is -0.478 e. The van der Waals surface area contributed by atoms with E-state index in [1.807, 2.05) is 54.0 Å². The second-order valence-corrected chi connectivity index (χ2v) is 9.54. The Balaban J connectivity index is 1.72. The number of carboxylic acid groups (broad SMARTS) is 1. The highest BCUT2D eigenvalue weighted by atomic mass is 32.1. The van der Waals surface area contributed by atoms with Crippen LogP contribution in [-0.4, -0.2) is 15.6 Å². The molecule has 0 unspecified atom stereocenters. The number of aromatic carboxylic acids is 1. The minimum absolute atomic E-state index is 0.116. The van der Waals surface area contributed by atoms with Gasteiger partial charge in [-0.3, -0.25) is 4.79 Å². The number of hydrogen-bond acceptors (Lipinski definition) is 4. The average Bonchev–Trinajstić information content (AvgIpc) is 3.22. The zero-order valence-electron chi connectivity index (χ0n) is 19.3. The lowest BCUT2D eigenvalue weighted by molar-refractivity contribution is 0.0698. The third kappa shape index (κ3) is 3.71. The maximum Gasteiger partial charge on any atom is 0.337 e. The SMILES string of the molecule is CCc1sc2c(c1C)c(=O)c1cccc(C(=O)O)c1n2Cc1ccc(-c2ccccc2C#N)cc1. The van der Waals surface area contributed by atoms with Gasteiger partial charge in [0.05, 0.1) is 28.1 Å². The molecule has 0 spiro atoms. The zero-order valence-corrected chi connectivity index (χ0v) is 20.1. The van der Waals surface area contributed by atoms with E-state index in [1.165, 1.54) is 0 Å². The van der Waals surface area contributed by atoms with Gasteiger partial charge in [-0.15, -0.1) is 11.3 Å². The Morgan fingerprint density at radius 1 is 1.06 bits per heavy atom. The lowest BCUT2D eigenvalue weighted by atomic mass is 9.99. The quantitative estimate of drug-likeness (QED) is 0.318. The number of carbonyl (C=O) groups is 1. The summed E-state index contributed by atoms with van der Waals surface area (Å²) in [7, 11) is 0. The van der Waals surface area contributed by atoms with Gasteiger partial charge in [-0.25, -0.2) is 4.79 Å². The molecule has 1 N–H and O–H groups in total. The maximum atomic E-state index is 13.5. The van der Waals surface area contributed by atoms with E-state index in [0.29, 0.717) is 28.4 Å². The van der Waals surface area contributed by atoms with Crippen LogP contribution >= 0.6 is 11.3 Å². The van der Waals surface area contributed by atoms with Gasteiger partial charge < -0.3 is 9.67 Å². The summed E-state index contributed by atoms with van der Waals surface area (Å²) in [5, 5.41) is 20.4. The van der Waals surface area contributed by atoms with E-state index in [1.54, 1.807) is 35.6 Å². The lowest BCUT2D eigenvalue weighted by Gasteiger charge is -2.15. The van der Waals surface area contributed by atoms with Crippen LogP contribution in [0, 0.1) is 18.3 Å². The van der Waals surface area contributed by atoms with E-state index in [2.05, 4.69) is 13.0 Å². The summed E-state index contributed by atoms with van der Waals surface area (Å²) < 4.78 is 1.98. The van der Waals surface area contributed by atoms with Crippen molar-refractivity contribution in [3.05, 3.63) is 104 Å². The topological polar surface area (TPSA) is 83.1 Å². The van der Waals surface area contributed by atoms with Gasteiger partial charge in [-0.05, 0) is 53.8 Å². The van der Waals surface area contributed by atoms with Crippen LogP contribution in [0.5, 0.6) is 0 Å². The first kappa shape index (κ1) is 22.6. The first-order valence-corrected chi connectivity index (χ1v) is 12.2. The molecule has 0 aliphatic rings. The van der Waals surface area contributed by atoms with Crippen LogP contribution in [-0.2, 0) is 13.0 Å². The number of thiophene rings is 1. The van der Waals surface area contributed by atoms with Gasteiger partial charge in [-0.1, -0.05) is 55.5 Å². The molecular formula is C29H22N2O3S. The molecule has 5 aromatic rings. The minimum atomic E-state index is -1.06. The summed E-state index contributed by atoms with van der Waals surface area (Å²) >= 11 is 1.56. The predicted molar refractivity (Wildman–Crippen MR) is 140 cm³/mol. The molecule has 5 rings (SSSR count). The number of hydrogen-bond donors (Lipinski definition) is 1. The number of para-hydroxylation sites is 1. The normalized spacial score (nSPS) is 11.1. The van der Waals surface area contributed by atoms with Crippen LogP contribution in [0.4, 0.5) is 0 Å². The van der Waals surface area contributed by atoms with E-state index >= 15 is 0 Å². The molecule has 0 saturated heterocycles. The molecule has 6 heteroatoms. The summed E-state index contributed by atoms with van der Waals surface area (Å²) in [6, 6.07) is 22.5. The molecule has 0 saturated carbocycles. The molecule has 0 fully saturated rings. The highest BCUT2D eigenvalue weighted by Crippen LogP contribution is 2.33. The number of carboxylic acids is 1. The van der Waals surface area contributed by atoms with Crippen LogP contribution in [0.1, 0.15) is 38.8 Å². The number of benzene rings is 3. The molecular weight excluding hydrogens is 456 g/mol. The van der Waals surface area contributed by atoms with Crippen molar-refractivity contribution in [2.75, 3.05) is 0 Å². The van der Waals surface area contributed by atoms with Crippen molar-refractivity contribution in [3.8, 4) is 17.2 Å². The van der Waals surface area contributed by atoms with Gasteiger partial charge in [0.2, 0.25) is 0 Å². The first-order valence-electron chi connectivity index (χ1n) is 11.3. The summed E-state index contributed by atoms with van der Waals surface area (Å²) in [5.41, 5.74) is 4.80. The lowest BCUT2D eigenvalue weighted by Crippen LogP contribution is -2.14. The Bertz CT molecular complexity index is 1720. The fraction of sp³-hybridized carbons (Fsp3) is 0.138. The monoisotopic (exact) mass is 478 g/mol. The van der Waals surface area contributed by atoms with Crippen molar-refractivity contribution in [1.82, 2.24) is 4.57 Å². The van der Waals surface area contributed by atoms with E-state index in [9.17, 15) is 20.0 Å². The van der Waals surface area contributed by atoms with Gasteiger partial charge in [-0.2, -0.15) is 5.26 Å².